The van der Waals surface area contributed by atoms with Crippen LogP contribution in [0.4, 0.5) is 18.9 Å². The summed E-state index contributed by atoms with van der Waals surface area (Å²) in [5.41, 5.74) is 0.0300. The summed E-state index contributed by atoms with van der Waals surface area (Å²) in [4.78, 5) is 25.3. The number of para-hydroxylation sites is 1. The van der Waals surface area contributed by atoms with E-state index in [1.165, 1.54) is 42.5 Å². The Kier molecular flexibility index (Phi) is 5.04. The molecule has 32 heavy (non-hydrogen) atoms. The van der Waals surface area contributed by atoms with Crippen molar-refractivity contribution in [3.63, 3.8) is 0 Å². The Balaban J connectivity index is 1.85. The molecule has 0 bridgehead atoms. The lowest BCUT2D eigenvalue weighted by Gasteiger charge is -2.26. The van der Waals surface area contributed by atoms with Crippen molar-refractivity contribution in [2.24, 2.45) is 0 Å². The van der Waals surface area contributed by atoms with Gasteiger partial charge in [-0.15, -0.1) is 13.2 Å². The number of halogens is 3. The number of nitrogens with zero attached hydrogens (tertiary/aromatic N) is 1. The van der Waals surface area contributed by atoms with Gasteiger partial charge in [0.2, 0.25) is 0 Å². The number of carbonyl (C=O) groups excluding carboxylic acids is 2. The standard InChI is InChI=1S/C22H14F3NO5S/c1-26(32(29,30)18-12-5-4-11-17(18)31-22(23,24)25)16-10-6-9-15-19(16)21(28)14-8-3-2-7-13(14)20(15)27/h2-12H,1H3. The van der Waals surface area contributed by atoms with Gasteiger partial charge in [0, 0.05) is 23.7 Å². The number of sulfonamides is 1. The Labute approximate surface area is 180 Å². The van der Waals surface area contributed by atoms with Crippen LogP contribution >= 0.6 is 0 Å². The van der Waals surface area contributed by atoms with Gasteiger partial charge in [0.15, 0.2) is 11.6 Å². The predicted molar refractivity (Wildman–Crippen MR) is 108 cm³/mol. The van der Waals surface area contributed by atoms with Gasteiger partial charge < -0.3 is 4.74 Å². The van der Waals surface area contributed by atoms with Crippen LogP contribution in [0.25, 0.3) is 0 Å². The number of ketones is 2. The number of ether oxygens (including phenoxy) is 1. The molecule has 0 saturated carbocycles. The van der Waals surface area contributed by atoms with Crippen LogP contribution in [0.5, 0.6) is 5.75 Å². The van der Waals surface area contributed by atoms with Crippen LogP contribution in [0.15, 0.2) is 71.6 Å². The van der Waals surface area contributed by atoms with Crippen LogP contribution in [-0.4, -0.2) is 33.4 Å². The monoisotopic (exact) mass is 461 g/mol. The van der Waals surface area contributed by atoms with Crippen molar-refractivity contribution in [2.75, 3.05) is 11.4 Å². The van der Waals surface area contributed by atoms with E-state index in [2.05, 4.69) is 4.74 Å². The summed E-state index contributed by atoms with van der Waals surface area (Å²) in [7, 11) is -3.51. The van der Waals surface area contributed by atoms with E-state index in [-0.39, 0.29) is 27.9 Å². The van der Waals surface area contributed by atoms with Crippen molar-refractivity contribution in [3.05, 3.63) is 89.0 Å². The summed E-state index contributed by atoms with van der Waals surface area (Å²) in [6, 6.07) is 14.5. The van der Waals surface area contributed by atoms with E-state index in [1.807, 2.05) is 0 Å². The molecule has 3 aromatic rings. The number of carbonyl (C=O) groups is 2. The van der Waals surface area contributed by atoms with E-state index >= 15 is 0 Å². The van der Waals surface area contributed by atoms with Crippen molar-refractivity contribution >= 4 is 27.3 Å². The van der Waals surface area contributed by atoms with Crippen molar-refractivity contribution < 1.29 is 35.9 Å². The second-order valence-electron chi connectivity index (χ2n) is 6.87. The minimum atomic E-state index is -5.11. The SMILES string of the molecule is CN(c1cccc2c1C(=O)c1ccccc1C2=O)S(=O)(=O)c1ccccc1OC(F)(F)F. The molecule has 0 heterocycles. The molecule has 3 aromatic carbocycles. The van der Waals surface area contributed by atoms with Crippen LogP contribution in [0.1, 0.15) is 31.8 Å². The van der Waals surface area contributed by atoms with E-state index < -0.39 is 38.6 Å². The molecule has 1 aliphatic rings. The molecular weight excluding hydrogens is 447 g/mol. The fourth-order valence-electron chi connectivity index (χ4n) is 3.54. The van der Waals surface area contributed by atoms with Crippen LogP contribution in [0.3, 0.4) is 0 Å². The first-order chi connectivity index (χ1) is 15.0. The summed E-state index contributed by atoms with van der Waals surface area (Å²) in [5.74, 6) is -1.93. The Bertz CT molecular complexity index is 1370. The molecule has 164 valence electrons. The number of anilines is 1. The third kappa shape index (κ3) is 3.52. The van der Waals surface area contributed by atoms with Crippen LogP contribution in [0, 0.1) is 0 Å². The number of rotatable bonds is 4. The van der Waals surface area contributed by atoms with Gasteiger partial charge in [-0.3, -0.25) is 13.9 Å². The molecule has 6 nitrogen and oxygen atoms in total. The maximum absolute atomic E-state index is 13.2. The minimum absolute atomic E-state index is 0.00748. The Hall–Kier alpha value is -3.66. The maximum atomic E-state index is 13.2. The highest BCUT2D eigenvalue weighted by molar-refractivity contribution is 7.93. The molecule has 0 saturated heterocycles. The van der Waals surface area contributed by atoms with Gasteiger partial charge in [-0.05, 0) is 18.2 Å². The molecule has 4 rings (SSSR count). The molecule has 0 N–H and O–H groups in total. The topological polar surface area (TPSA) is 80.8 Å². The summed E-state index contributed by atoms with van der Waals surface area (Å²) in [5, 5.41) is 0. The normalized spacial score (nSPS) is 13.4. The molecule has 0 unspecified atom stereocenters. The van der Waals surface area contributed by atoms with E-state index in [9.17, 15) is 31.2 Å². The molecule has 1 aliphatic carbocycles. The van der Waals surface area contributed by atoms with Crippen LogP contribution < -0.4 is 9.04 Å². The number of fused-ring (bicyclic) bond motifs is 2. The molecule has 0 aromatic heterocycles. The second kappa shape index (κ2) is 7.49. The Morgan fingerprint density at radius 3 is 2.00 bits per heavy atom. The number of hydrogen-bond donors (Lipinski definition) is 0. The zero-order valence-electron chi connectivity index (χ0n) is 16.4. The minimum Gasteiger partial charge on any atom is -0.404 e. The average Bonchev–Trinajstić information content (AvgIpc) is 2.75. The average molecular weight is 461 g/mol. The van der Waals surface area contributed by atoms with E-state index in [0.717, 1.165) is 19.2 Å². The Morgan fingerprint density at radius 2 is 1.34 bits per heavy atom. The van der Waals surface area contributed by atoms with Crippen molar-refractivity contribution in [1.82, 2.24) is 0 Å². The zero-order valence-corrected chi connectivity index (χ0v) is 17.2. The molecule has 0 atom stereocenters. The van der Waals surface area contributed by atoms with E-state index in [0.29, 0.717) is 4.31 Å². The van der Waals surface area contributed by atoms with E-state index in [4.69, 9.17) is 0 Å². The zero-order chi connectivity index (χ0) is 23.3. The highest BCUT2D eigenvalue weighted by atomic mass is 32.2. The van der Waals surface area contributed by atoms with Gasteiger partial charge in [0.25, 0.3) is 10.0 Å². The van der Waals surface area contributed by atoms with Gasteiger partial charge in [-0.1, -0.05) is 48.5 Å². The molecule has 0 radical (unpaired) electrons. The molecule has 0 amide bonds. The largest absolute Gasteiger partial charge is 0.573 e. The van der Waals surface area contributed by atoms with Gasteiger partial charge in [-0.25, -0.2) is 8.42 Å². The smallest absolute Gasteiger partial charge is 0.404 e. The fraction of sp³-hybridized carbons (Fsp3) is 0.0909. The maximum Gasteiger partial charge on any atom is 0.573 e. The van der Waals surface area contributed by atoms with Gasteiger partial charge in [0.1, 0.15) is 10.6 Å². The highest BCUT2D eigenvalue weighted by Crippen LogP contribution is 2.37. The third-order valence-electron chi connectivity index (χ3n) is 4.98. The van der Waals surface area contributed by atoms with Gasteiger partial charge in [-0.2, -0.15) is 0 Å². The predicted octanol–water partition coefficient (Wildman–Crippen LogP) is 4.19. The fourth-order valence-corrected chi connectivity index (χ4v) is 4.86. The summed E-state index contributed by atoms with van der Waals surface area (Å²) in [6.45, 7) is 0. The lowest BCUT2D eigenvalue weighted by molar-refractivity contribution is -0.275. The molecule has 0 aliphatic heterocycles. The van der Waals surface area contributed by atoms with E-state index in [1.54, 1.807) is 12.1 Å². The van der Waals surface area contributed by atoms with Crippen molar-refractivity contribution in [1.29, 1.82) is 0 Å². The number of alkyl halides is 3. The Morgan fingerprint density at radius 1 is 0.781 bits per heavy atom. The first-order valence-electron chi connectivity index (χ1n) is 9.17. The van der Waals surface area contributed by atoms with Gasteiger partial charge >= 0.3 is 6.36 Å². The first kappa shape index (κ1) is 21.6. The molecular formula is C22H14F3NO5S. The lowest BCUT2D eigenvalue weighted by Crippen LogP contribution is -2.31. The van der Waals surface area contributed by atoms with Crippen LogP contribution in [-0.2, 0) is 10.0 Å². The lowest BCUT2D eigenvalue weighted by atomic mass is 9.83. The number of benzene rings is 3. The molecule has 0 fully saturated rings. The quantitative estimate of drug-likeness (QED) is 0.455. The third-order valence-corrected chi connectivity index (χ3v) is 6.79. The van der Waals surface area contributed by atoms with Crippen molar-refractivity contribution in [3.8, 4) is 5.75 Å². The van der Waals surface area contributed by atoms with Gasteiger partial charge in [0.05, 0.1) is 11.3 Å². The second-order valence-corrected chi connectivity index (χ2v) is 8.81. The first-order valence-corrected chi connectivity index (χ1v) is 10.6. The summed E-state index contributed by atoms with van der Waals surface area (Å²) in [6.07, 6.45) is -5.11. The highest BCUT2D eigenvalue weighted by Gasteiger charge is 2.37. The molecule has 0 spiro atoms. The summed E-state index contributed by atoms with van der Waals surface area (Å²) < 4.78 is 69.4. The number of hydrogen-bond acceptors (Lipinski definition) is 5. The summed E-state index contributed by atoms with van der Waals surface area (Å²) >= 11 is 0. The van der Waals surface area contributed by atoms with Crippen LogP contribution in [0.2, 0.25) is 0 Å². The van der Waals surface area contributed by atoms with Crippen molar-refractivity contribution in [2.45, 2.75) is 11.3 Å². The molecule has 10 heteroatoms.